The van der Waals surface area contributed by atoms with Gasteiger partial charge in [-0.1, -0.05) is 40.0 Å². The lowest BCUT2D eigenvalue weighted by molar-refractivity contribution is -0.349. The molecule has 0 radical (unpaired) electrons. The highest BCUT2D eigenvalue weighted by Gasteiger charge is 2.09. The van der Waals surface area contributed by atoms with E-state index >= 15 is 0 Å². The van der Waals surface area contributed by atoms with Gasteiger partial charge in [0.1, 0.15) is 0 Å². The van der Waals surface area contributed by atoms with Crippen LogP contribution >= 0.6 is 0 Å². The van der Waals surface area contributed by atoms with Crippen LogP contribution in [0.4, 0.5) is 0 Å². The first-order valence-electron chi connectivity index (χ1n) is 6.06. The molecule has 0 saturated carbocycles. The maximum Gasteiger partial charge on any atom is 0.0927 e. The Kier molecular flexibility index (Phi) is 9.42. The normalized spacial score (nSPS) is 15.4. The Bertz CT molecular complexity index is 115. The topological polar surface area (TPSA) is 18.5 Å². The van der Waals surface area contributed by atoms with Crippen molar-refractivity contribution in [1.29, 1.82) is 0 Å². The summed E-state index contributed by atoms with van der Waals surface area (Å²) in [6.07, 6.45) is 7.34. The number of unbranched alkanes of at least 4 members (excludes halogenated alkanes) is 1. The van der Waals surface area contributed by atoms with Crippen LogP contribution in [0.1, 0.15) is 66.2 Å². The van der Waals surface area contributed by atoms with Crippen LogP contribution in [0.2, 0.25) is 0 Å². The van der Waals surface area contributed by atoms with Gasteiger partial charge in [-0.15, -0.1) is 0 Å². The highest BCUT2D eigenvalue weighted by Crippen LogP contribution is 2.10. The fraction of sp³-hybridized carbons (Fsp3) is 1.00. The Labute approximate surface area is 88.9 Å². The summed E-state index contributed by atoms with van der Waals surface area (Å²) in [6.45, 7) is 8.58. The van der Waals surface area contributed by atoms with Gasteiger partial charge in [0.25, 0.3) is 0 Å². The second kappa shape index (κ2) is 9.47. The van der Waals surface area contributed by atoms with Crippen molar-refractivity contribution in [3.05, 3.63) is 0 Å². The van der Waals surface area contributed by atoms with Gasteiger partial charge in [-0.2, -0.15) is 0 Å². The average molecular weight is 202 g/mol. The Hall–Kier alpha value is -0.0800. The standard InChI is InChI=1S/C12H26O2/c1-5-8-10-11(4)13-14-12(7-3)9-6-2/h11-12H,5-10H2,1-4H3. The summed E-state index contributed by atoms with van der Waals surface area (Å²) in [5, 5.41) is 0. The Morgan fingerprint density at radius 2 is 1.64 bits per heavy atom. The molecule has 0 N–H and O–H groups in total. The minimum Gasteiger partial charge on any atom is -0.233 e. The minimum atomic E-state index is 0.237. The molecule has 0 aromatic heterocycles. The van der Waals surface area contributed by atoms with E-state index in [1.165, 1.54) is 12.8 Å². The molecule has 0 aromatic carbocycles. The van der Waals surface area contributed by atoms with Gasteiger partial charge in [0.15, 0.2) is 0 Å². The van der Waals surface area contributed by atoms with E-state index in [0.717, 1.165) is 25.7 Å². The lowest BCUT2D eigenvalue weighted by atomic mass is 10.2. The van der Waals surface area contributed by atoms with Crippen LogP contribution in [0.25, 0.3) is 0 Å². The highest BCUT2D eigenvalue weighted by molar-refractivity contribution is 4.52. The van der Waals surface area contributed by atoms with Crippen molar-refractivity contribution >= 4 is 0 Å². The minimum absolute atomic E-state index is 0.237. The van der Waals surface area contributed by atoms with E-state index in [-0.39, 0.29) is 12.2 Å². The van der Waals surface area contributed by atoms with Gasteiger partial charge < -0.3 is 0 Å². The van der Waals surface area contributed by atoms with Crippen LogP contribution in [0.5, 0.6) is 0 Å². The van der Waals surface area contributed by atoms with Crippen molar-refractivity contribution in [2.75, 3.05) is 0 Å². The third kappa shape index (κ3) is 7.34. The van der Waals surface area contributed by atoms with Gasteiger partial charge in [-0.25, -0.2) is 9.78 Å². The van der Waals surface area contributed by atoms with Crippen LogP contribution in [-0.4, -0.2) is 12.2 Å². The maximum atomic E-state index is 5.39. The summed E-state index contributed by atoms with van der Waals surface area (Å²) in [6, 6.07) is 0. The quantitative estimate of drug-likeness (QED) is 0.414. The molecule has 0 aliphatic heterocycles. The van der Waals surface area contributed by atoms with Gasteiger partial charge in [-0.3, -0.25) is 0 Å². The summed E-state index contributed by atoms with van der Waals surface area (Å²) < 4.78 is 0. The Morgan fingerprint density at radius 1 is 0.929 bits per heavy atom. The first kappa shape index (κ1) is 13.9. The van der Waals surface area contributed by atoms with Crippen LogP contribution in [-0.2, 0) is 9.78 Å². The molecule has 2 unspecified atom stereocenters. The third-order valence-corrected chi connectivity index (χ3v) is 2.39. The zero-order chi connectivity index (χ0) is 10.8. The molecule has 14 heavy (non-hydrogen) atoms. The Balaban J connectivity index is 3.46. The Morgan fingerprint density at radius 3 is 2.14 bits per heavy atom. The zero-order valence-electron chi connectivity index (χ0n) is 10.2. The number of rotatable bonds is 9. The van der Waals surface area contributed by atoms with E-state index in [1.807, 2.05) is 0 Å². The van der Waals surface area contributed by atoms with E-state index < -0.39 is 0 Å². The lowest BCUT2D eigenvalue weighted by Crippen LogP contribution is -2.17. The van der Waals surface area contributed by atoms with E-state index in [0.29, 0.717) is 0 Å². The molecule has 0 fully saturated rings. The van der Waals surface area contributed by atoms with Crippen molar-refractivity contribution in [2.45, 2.75) is 78.4 Å². The summed E-state index contributed by atoms with van der Waals surface area (Å²) in [5.41, 5.74) is 0. The third-order valence-electron chi connectivity index (χ3n) is 2.39. The number of hydrogen-bond acceptors (Lipinski definition) is 2. The molecule has 0 aliphatic carbocycles. The van der Waals surface area contributed by atoms with Crippen LogP contribution < -0.4 is 0 Å². The molecule has 0 saturated heterocycles. The van der Waals surface area contributed by atoms with Crippen molar-refractivity contribution in [1.82, 2.24) is 0 Å². The molecule has 0 heterocycles. The van der Waals surface area contributed by atoms with Crippen LogP contribution in [0.3, 0.4) is 0 Å². The van der Waals surface area contributed by atoms with Crippen LogP contribution in [0, 0.1) is 0 Å². The molecular weight excluding hydrogens is 176 g/mol. The lowest BCUT2D eigenvalue weighted by Gasteiger charge is -2.17. The van der Waals surface area contributed by atoms with Crippen molar-refractivity contribution < 1.29 is 9.78 Å². The fourth-order valence-corrected chi connectivity index (χ4v) is 1.36. The molecule has 0 amide bonds. The molecule has 0 rings (SSSR count). The molecule has 2 nitrogen and oxygen atoms in total. The van der Waals surface area contributed by atoms with Gasteiger partial charge in [0, 0.05) is 0 Å². The molecule has 2 atom stereocenters. The molecule has 0 bridgehead atoms. The first-order chi connectivity index (χ1) is 6.74. The van der Waals surface area contributed by atoms with Crippen molar-refractivity contribution in [2.24, 2.45) is 0 Å². The van der Waals surface area contributed by atoms with Crippen molar-refractivity contribution in [3.63, 3.8) is 0 Å². The van der Waals surface area contributed by atoms with E-state index in [4.69, 9.17) is 9.78 Å². The van der Waals surface area contributed by atoms with Gasteiger partial charge >= 0.3 is 0 Å². The zero-order valence-corrected chi connectivity index (χ0v) is 10.2. The SMILES string of the molecule is CCCCC(C)OOC(CC)CCC. The molecule has 0 spiro atoms. The summed E-state index contributed by atoms with van der Waals surface area (Å²) >= 11 is 0. The largest absolute Gasteiger partial charge is 0.233 e. The molecule has 2 heteroatoms. The summed E-state index contributed by atoms with van der Waals surface area (Å²) in [4.78, 5) is 10.7. The molecular formula is C12H26O2. The highest BCUT2D eigenvalue weighted by atomic mass is 17.2. The van der Waals surface area contributed by atoms with Crippen molar-refractivity contribution in [3.8, 4) is 0 Å². The first-order valence-corrected chi connectivity index (χ1v) is 6.06. The fourth-order valence-electron chi connectivity index (χ4n) is 1.36. The second-order valence-corrected chi connectivity index (χ2v) is 3.96. The predicted molar refractivity (Wildman–Crippen MR) is 60.1 cm³/mol. The smallest absolute Gasteiger partial charge is 0.0927 e. The maximum absolute atomic E-state index is 5.39. The van der Waals surface area contributed by atoms with Gasteiger partial charge in [0.2, 0.25) is 0 Å². The van der Waals surface area contributed by atoms with E-state index in [2.05, 4.69) is 27.7 Å². The van der Waals surface area contributed by atoms with Gasteiger partial charge in [0.05, 0.1) is 12.2 Å². The molecule has 0 aromatic rings. The predicted octanol–water partition coefficient (Wildman–Crippen LogP) is 4.09. The average Bonchev–Trinajstić information content (AvgIpc) is 2.21. The van der Waals surface area contributed by atoms with E-state index in [9.17, 15) is 0 Å². The molecule has 0 aliphatic rings. The monoisotopic (exact) mass is 202 g/mol. The second-order valence-electron chi connectivity index (χ2n) is 3.96. The summed E-state index contributed by atoms with van der Waals surface area (Å²) in [7, 11) is 0. The number of hydrogen-bond donors (Lipinski definition) is 0. The van der Waals surface area contributed by atoms with Gasteiger partial charge in [-0.05, 0) is 26.2 Å². The van der Waals surface area contributed by atoms with E-state index in [1.54, 1.807) is 0 Å². The van der Waals surface area contributed by atoms with Crippen LogP contribution in [0.15, 0.2) is 0 Å². The summed E-state index contributed by atoms with van der Waals surface area (Å²) in [5.74, 6) is 0. The molecule has 86 valence electrons.